The molecule has 0 aliphatic heterocycles. The summed E-state index contributed by atoms with van der Waals surface area (Å²) >= 11 is 6.57. The van der Waals surface area contributed by atoms with Gasteiger partial charge in [-0.15, -0.1) is 0 Å². The normalized spacial score (nSPS) is 14.9. The lowest BCUT2D eigenvalue weighted by Gasteiger charge is -2.31. The number of para-hydroxylation sites is 1. The topological polar surface area (TPSA) is 50.4 Å². The molecule has 170 valence electrons. The quantitative estimate of drug-likeness (QED) is 0.228. The van der Waals surface area contributed by atoms with Crippen molar-refractivity contribution in [2.24, 2.45) is 5.92 Å². The fourth-order valence-electron chi connectivity index (χ4n) is 4.43. The van der Waals surface area contributed by atoms with Crippen LogP contribution in [0.4, 0.5) is 4.39 Å². The van der Waals surface area contributed by atoms with E-state index in [0.717, 1.165) is 69.9 Å². The fraction of sp³-hybridized carbons (Fsp3) is 0.138. The Hall–Kier alpha value is -3.63. The van der Waals surface area contributed by atoms with E-state index in [9.17, 15) is 9.18 Å². The van der Waals surface area contributed by atoms with Crippen LogP contribution in [0.1, 0.15) is 41.7 Å². The summed E-state index contributed by atoms with van der Waals surface area (Å²) < 4.78 is 20.2. The van der Waals surface area contributed by atoms with E-state index in [-0.39, 0.29) is 11.7 Å². The minimum absolute atomic E-state index is 0.276. The molecule has 1 N–H and O–H groups in total. The molecule has 0 radical (unpaired) electrons. The van der Waals surface area contributed by atoms with Gasteiger partial charge in [-0.2, -0.15) is 0 Å². The molecule has 1 fully saturated rings. The van der Waals surface area contributed by atoms with E-state index in [1.165, 1.54) is 12.1 Å². The van der Waals surface area contributed by atoms with Gasteiger partial charge in [0.2, 0.25) is 0 Å². The molecule has 1 aliphatic carbocycles. The number of benzene rings is 3. The van der Waals surface area contributed by atoms with Crippen LogP contribution in [0.5, 0.6) is 0 Å². The Bertz CT molecular complexity index is 1390. The molecule has 0 amide bonds. The van der Waals surface area contributed by atoms with Crippen LogP contribution in [0.25, 0.3) is 28.2 Å². The summed E-state index contributed by atoms with van der Waals surface area (Å²) in [5.41, 5.74) is 5.26. The Balaban J connectivity index is 1.75. The van der Waals surface area contributed by atoms with Gasteiger partial charge >= 0.3 is 5.97 Å². The van der Waals surface area contributed by atoms with E-state index in [1.807, 2.05) is 54.6 Å². The number of fused-ring (bicyclic) bond motifs is 1. The van der Waals surface area contributed by atoms with Crippen molar-refractivity contribution < 1.29 is 18.7 Å². The lowest BCUT2D eigenvalue weighted by molar-refractivity contribution is -0.131. The zero-order valence-electron chi connectivity index (χ0n) is 18.3. The predicted molar refractivity (Wildman–Crippen MR) is 134 cm³/mol. The highest BCUT2D eigenvalue weighted by molar-refractivity contribution is 6.32. The zero-order valence-corrected chi connectivity index (χ0v) is 19.1. The average molecular weight is 473 g/mol. The van der Waals surface area contributed by atoms with Crippen LogP contribution >= 0.6 is 11.6 Å². The molecule has 4 aromatic rings. The molecule has 0 saturated heterocycles. The van der Waals surface area contributed by atoms with Crippen molar-refractivity contribution in [3.05, 3.63) is 112 Å². The van der Waals surface area contributed by atoms with Gasteiger partial charge in [-0.05, 0) is 71.4 Å². The number of carbonyl (C=O) groups is 1. The molecule has 34 heavy (non-hydrogen) atoms. The number of allylic oxidation sites excluding steroid dienone is 1. The SMILES string of the molecule is O=C(O)/C=C/c1ccc(/C(=C(\c2ccc(F)cc2Cl)C2CCC2)c2cc3ccccc3o2)cc1. The Morgan fingerprint density at radius 1 is 1.03 bits per heavy atom. The lowest BCUT2D eigenvalue weighted by atomic mass is 9.73. The van der Waals surface area contributed by atoms with Gasteiger partial charge in [-0.25, -0.2) is 9.18 Å². The van der Waals surface area contributed by atoms with E-state index >= 15 is 0 Å². The minimum Gasteiger partial charge on any atom is -0.478 e. The number of carboxylic acids is 1. The van der Waals surface area contributed by atoms with Crippen LogP contribution in [-0.2, 0) is 4.79 Å². The largest absolute Gasteiger partial charge is 0.478 e. The average Bonchev–Trinajstić information content (AvgIpc) is 3.21. The van der Waals surface area contributed by atoms with E-state index in [1.54, 1.807) is 12.1 Å². The molecule has 3 nitrogen and oxygen atoms in total. The van der Waals surface area contributed by atoms with Crippen LogP contribution < -0.4 is 0 Å². The van der Waals surface area contributed by atoms with E-state index in [4.69, 9.17) is 21.1 Å². The molecule has 0 bridgehead atoms. The van der Waals surface area contributed by atoms with Crippen LogP contribution in [0.15, 0.2) is 83.3 Å². The van der Waals surface area contributed by atoms with Crippen molar-refractivity contribution in [3.8, 4) is 0 Å². The van der Waals surface area contributed by atoms with Crippen molar-refractivity contribution in [1.29, 1.82) is 0 Å². The first-order chi connectivity index (χ1) is 16.5. The number of furan rings is 1. The predicted octanol–water partition coefficient (Wildman–Crippen LogP) is 8.08. The summed E-state index contributed by atoms with van der Waals surface area (Å²) in [5.74, 6) is -0.373. The summed E-state index contributed by atoms with van der Waals surface area (Å²) in [6.45, 7) is 0. The van der Waals surface area contributed by atoms with Crippen molar-refractivity contribution in [3.63, 3.8) is 0 Å². The van der Waals surface area contributed by atoms with Crippen molar-refractivity contribution in [2.45, 2.75) is 19.3 Å². The summed E-state index contributed by atoms with van der Waals surface area (Å²) in [5, 5.41) is 10.3. The highest BCUT2D eigenvalue weighted by atomic mass is 35.5. The maximum atomic E-state index is 13.9. The van der Waals surface area contributed by atoms with Crippen molar-refractivity contribution in [2.75, 3.05) is 0 Å². The highest BCUT2D eigenvalue weighted by Gasteiger charge is 2.29. The number of rotatable bonds is 6. The maximum Gasteiger partial charge on any atom is 0.328 e. The molecular weight excluding hydrogens is 451 g/mol. The molecule has 0 unspecified atom stereocenters. The number of halogens is 2. The van der Waals surface area contributed by atoms with Gasteiger partial charge in [0.25, 0.3) is 0 Å². The van der Waals surface area contributed by atoms with E-state index < -0.39 is 5.97 Å². The van der Waals surface area contributed by atoms with Gasteiger partial charge in [0.1, 0.15) is 17.2 Å². The third-order valence-electron chi connectivity index (χ3n) is 6.29. The Labute approximate surface area is 201 Å². The molecule has 1 aromatic heterocycles. The van der Waals surface area contributed by atoms with Crippen LogP contribution in [0.3, 0.4) is 0 Å². The van der Waals surface area contributed by atoms with Gasteiger partial charge < -0.3 is 9.52 Å². The van der Waals surface area contributed by atoms with Gasteiger partial charge in [0, 0.05) is 17.0 Å². The summed E-state index contributed by atoms with van der Waals surface area (Å²) in [6, 6.07) is 22.1. The third-order valence-corrected chi connectivity index (χ3v) is 6.61. The molecule has 1 saturated carbocycles. The van der Waals surface area contributed by atoms with Gasteiger partial charge in [-0.1, -0.05) is 66.6 Å². The first kappa shape index (κ1) is 22.2. The van der Waals surface area contributed by atoms with Crippen molar-refractivity contribution >= 4 is 45.8 Å². The minimum atomic E-state index is -0.995. The molecule has 0 atom stereocenters. The molecule has 5 heteroatoms. The molecular formula is C29H22ClFO3. The number of hydrogen-bond acceptors (Lipinski definition) is 2. The molecule has 5 rings (SSSR count). The Morgan fingerprint density at radius 2 is 1.79 bits per heavy atom. The summed E-state index contributed by atoms with van der Waals surface area (Å²) in [4.78, 5) is 10.9. The first-order valence-electron chi connectivity index (χ1n) is 11.2. The number of aliphatic carboxylic acids is 1. The molecule has 1 heterocycles. The second-order valence-corrected chi connectivity index (χ2v) is 8.89. The first-order valence-corrected chi connectivity index (χ1v) is 11.6. The van der Waals surface area contributed by atoms with Crippen molar-refractivity contribution in [1.82, 2.24) is 0 Å². The van der Waals surface area contributed by atoms with Crippen LogP contribution in [0, 0.1) is 11.7 Å². The maximum absolute atomic E-state index is 13.9. The smallest absolute Gasteiger partial charge is 0.328 e. The van der Waals surface area contributed by atoms with Crippen LogP contribution in [-0.4, -0.2) is 11.1 Å². The number of hydrogen-bond donors (Lipinski definition) is 1. The lowest BCUT2D eigenvalue weighted by Crippen LogP contribution is -2.15. The summed E-state index contributed by atoms with van der Waals surface area (Å²) in [7, 11) is 0. The van der Waals surface area contributed by atoms with Gasteiger partial charge in [-0.3, -0.25) is 0 Å². The highest BCUT2D eigenvalue weighted by Crippen LogP contribution is 2.47. The Morgan fingerprint density at radius 3 is 2.44 bits per heavy atom. The second-order valence-electron chi connectivity index (χ2n) is 8.48. The van der Waals surface area contributed by atoms with Gasteiger partial charge in [0.05, 0.1) is 5.02 Å². The zero-order chi connectivity index (χ0) is 23.7. The third kappa shape index (κ3) is 4.42. The number of carboxylic acid groups (broad SMARTS) is 1. The van der Waals surface area contributed by atoms with E-state index in [0.29, 0.717) is 5.02 Å². The molecule has 0 spiro atoms. The van der Waals surface area contributed by atoms with Gasteiger partial charge in [0.15, 0.2) is 0 Å². The van der Waals surface area contributed by atoms with Crippen LogP contribution in [0.2, 0.25) is 5.02 Å². The second kappa shape index (κ2) is 9.32. The Kier molecular flexibility index (Phi) is 6.08. The molecule has 3 aromatic carbocycles. The summed E-state index contributed by atoms with van der Waals surface area (Å²) in [6.07, 6.45) is 5.83. The fourth-order valence-corrected chi connectivity index (χ4v) is 4.70. The monoisotopic (exact) mass is 472 g/mol. The van der Waals surface area contributed by atoms with E-state index in [2.05, 4.69) is 0 Å². The standard InChI is InChI=1S/C29H22ClFO3/c30-24-17-22(31)13-14-23(24)28(19-5-3-6-19)29(26-16-21-4-1-2-7-25(21)34-26)20-11-8-18(9-12-20)10-15-27(32)33/h1-2,4,7-17,19H,3,5-6H2,(H,32,33)/b15-10+,29-28+. The molecule has 1 aliphatic rings.